The first-order valence-electron chi connectivity index (χ1n) is 3.26. The maximum Gasteiger partial charge on any atom is 0.357 e. The van der Waals surface area contributed by atoms with Gasteiger partial charge >= 0.3 is 7.56 Å². The van der Waals surface area contributed by atoms with Gasteiger partial charge in [-0.25, -0.2) is 0 Å². The summed E-state index contributed by atoms with van der Waals surface area (Å²) in [7, 11) is 0.851. The van der Waals surface area contributed by atoms with Crippen LogP contribution in [0.15, 0.2) is 0 Å². The molecule has 0 aromatic heterocycles. The van der Waals surface area contributed by atoms with E-state index in [0.29, 0.717) is 0 Å². The third-order valence-electron chi connectivity index (χ3n) is 1.91. The summed E-state index contributed by atoms with van der Waals surface area (Å²) in [6.45, 7) is 2.18. The molecule has 0 N–H and O–H groups in total. The zero-order valence-electron chi connectivity index (χ0n) is 5.23. The van der Waals surface area contributed by atoms with Gasteiger partial charge in [-0.05, 0) is 11.7 Å². The normalized spacial score (nSPS) is 37.8. The first kappa shape index (κ1) is 6.12. The molecule has 8 heavy (non-hydrogen) atoms. The topological polar surface area (TPSA) is 0 Å². The van der Waals surface area contributed by atoms with Gasteiger partial charge in [0.15, 0.2) is 0 Å². The molecule has 0 spiro atoms. The Kier molecular flexibility index (Phi) is 1.93. The van der Waals surface area contributed by atoms with Crippen molar-refractivity contribution in [3.8, 4) is 0 Å². The Labute approximate surface area is 50.8 Å². The maximum atomic E-state index is 11.7. The molecule has 1 rings (SSSR count). The first-order valence-corrected chi connectivity index (χ1v) is 3.26. The summed E-state index contributed by atoms with van der Waals surface area (Å²) in [5.74, 6) is 1.04. The van der Waals surface area contributed by atoms with Gasteiger partial charge in [0.25, 0.3) is 0 Å². The van der Waals surface area contributed by atoms with E-state index >= 15 is 0 Å². The van der Waals surface area contributed by atoms with Gasteiger partial charge in [-0.1, -0.05) is 26.2 Å². The molecule has 1 radical (unpaired) electrons. The Morgan fingerprint density at radius 2 is 2.25 bits per heavy atom. The largest absolute Gasteiger partial charge is 0.357 e. The lowest BCUT2D eigenvalue weighted by atomic mass is 9.81. The van der Waals surface area contributed by atoms with Gasteiger partial charge in [0.05, 0.1) is 0 Å². The molecule has 0 nitrogen and oxygen atoms in total. The van der Waals surface area contributed by atoms with Crippen LogP contribution in [-0.2, 0) is 0 Å². The predicted octanol–water partition coefficient (Wildman–Crippen LogP) is 2.18. The Morgan fingerprint density at radius 1 is 1.50 bits per heavy atom. The Balaban J connectivity index is 2.22. The molecule has 2 heteroatoms. The molecule has 1 saturated carbocycles. The molecule has 45 valence electrons. The van der Waals surface area contributed by atoms with Crippen molar-refractivity contribution in [3.63, 3.8) is 0 Å². The zero-order valence-corrected chi connectivity index (χ0v) is 5.23. The highest BCUT2D eigenvalue weighted by Crippen LogP contribution is 2.33. The third-order valence-corrected chi connectivity index (χ3v) is 1.91. The molecule has 0 aromatic carbocycles. The van der Waals surface area contributed by atoms with Crippen LogP contribution in [0.4, 0.5) is 4.32 Å². The summed E-state index contributed by atoms with van der Waals surface area (Å²) in [6, 6.07) is 0. The molecule has 0 bridgehead atoms. The monoisotopic (exact) mass is 113 g/mol. The number of halogens is 1. The van der Waals surface area contributed by atoms with Crippen LogP contribution < -0.4 is 0 Å². The van der Waals surface area contributed by atoms with Crippen LogP contribution in [0.3, 0.4) is 0 Å². The highest BCUT2D eigenvalue weighted by Gasteiger charge is 2.21. The number of rotatable bonds is 1. The van der Waals surface area contributed by atoms with Crippen molar-refractivity contribution < 1.29 is 4.32 Å². The van der Waals surface area contributed by atoms with E-state index in [1.165, 1.54) is 6.42 Å². The van der Waals surface area contributed by atoms with Gasteiger partial charge in [-0.2, -0.15) is 0 Å². The lowest BCUT2D eigenvalue weighted by molar-refractivity contribution is 0.608. The molecule has 2 unspecified atom stereocenters. The predicted molar refractivity (Wildman–Crippen MR) is 33.6 cm³/mol. The SMILES string of the molecule is CC1CCC([B]F)C1. The fourth-order valence-corrected chi connectivity index (χ4v) is 1.37. The lowest BCUT2D eigenvalue weighted by Crippen LogP contribution is -1.91. The molecule has 2 atom stereocenters. The van der Waals surface area contributed by atoms with E-state index < -0.39 is 0 Å². The zero-order chi connectivity index (χ0) is 5.98. The standard InChI is InChI=1S/C6H11BF/c1-5-2-3-6(4-5)7-8/h5-6H,2-4H2,1H3. The van der Waals surface area contributed by atoms with E-state index in [9.17, 15) is 4.32 Å². The van der Waals surface area contributed by atoms with Crippen molar-refractivity contribution in [2.24, 2.45) is 5.92 Å². The van der Waals surface area contributed by atoms with Crippen LogP contribution in [0.2, 0.25) is 5.82 Å². The summed E-state index contributed by atoms with van der Waals surface area (Å²) in [5, 5.41) is 0. The minimum Gasteiger partial charge on any atom is -0.342 e. The Morgan fingerprint density at radius 3 is 2.50 bits per heavy atom. The van der Waals surface area contributed by atoms with E-state index in [1.807, 2.05) is 0 Å². The van der Waals surface area contributed by atoms with Crippen molar-refractivity contribution in [2.75, 3.05) is 0 Å². The quantitative estimate of drug-likeness (QED) is 0.457. The summed E-state index contributed by atoms with van der Waals surface area (Å²) in [6.07, 6.45) is 3.35. The van der Waals surface area contributed by atoms with E-state index in [1.54, 1.807) is 0 Å². The summed E-state index contributed by atoms with van der Waals surface area (Å²) >= 11 is 0. The molecule has 1 aliphatic rings. The van der Waals surface area contributed by atoms with Crippen LogP contribution in [0.1, 0.15) is 26.2 Å². The molecule has 0 saturated heterocycles. The lowest BCUT2D eigenvalue weighted by Gasteiger charge is -1.97. The van der Waals surface area contributed by atoms with Crippen molar-refractivity contribution in [1.82, 2.24) is 0 Å². The van der Waals surface area contributed by atoms with Gasteiger partial charge in [-0.15, -0.1) is 0 Å². The molecule has 1 fully saturated rings. The summed E-state index contributed by atoms with van der Waals surface area (Å²) < 4.78 is 11.7. The van der Waals surface area contributed by atoms with Crippen molar-refractivity contribution >= 4 is 7.56 Å². The van der Waals surface area contributed by atoms with Gasteiger partial charge < -0.3 is 4.32 Å². The fraction of sp³-hybridized carbons (Fsp3) is 1.00. The molecular weight excluding hydrogens is 102 g/mol. The molecule has 1 aliphatic carbocycles. The van der Waals surface area contributed by atoms with Gasteiger partial charge in [0, 0.05) is 0 Å². The first-order chi connectivity index (χ1) is 3.83. The van der Waals surface area contributed by atoms with E-state index in [0.717, 1.165) is 26.3 Å². The Bertz CT molecular complexity index is 74.9. The van der Waals surface area contributed by atoms with Gasteiger partial charge in [0.2, 0.25) is 0 Å². The van der Waals surface area contributed by atoms with Crippen LogP contribution in [-0.4, -0.2) is 7.56 Å². The van der Waals surface area contributed by atoms with Crippen LogP contribution in [0.25, 0.3) is 0 Å². The molecule has 0 amide bonds. The van der Waals surface area contributed by atoms with Crippen LogP contribution >= 0.6 is 0 Å². The highest BCUT2D eigenvalue weighted by molar-refractivity contribution is 6.28. The van der Waals surface area contributed by atoms with E-state index in [2.05, 4.69) is 6.92 Å². The molecule has 0 aromatic rings. The second kappa shape index (κ2) is 2.52. The van der Waals surface area contributed by atoms with Gasteiger partial charge in [-0.3, -0.25) is 0 Å². The number of hydrogen-bond donors (Lipinski definition) is 0. The molecule has 0 aliphatic heterocycles. The van der Waals surface area contributed by atoms with Crippen molar-refractivity contribution in [2.45, 2.75) is 32.0 Å². The molecular formula is C6H11BF. The molecule has 0 heterocycles. The van der Waals surface area contributed by atoms with Gasteiger partial charge in [0.1, 0.15) is 0 Å². The second-order valence-corrected chi connectivity index (χ2v) is 2.80. The second-order valence-electron chi connectivity index (χ2n) is 2.80. The fourth-order valence-electron chi connectivity index (χ4n) is 1.37. The maximum absolute atomic E-state index is 11.7. The van der Waals surface area contributed by atoms with Crippen LogP contribution in [0.5, 0.6) is 0 Å². The highest BCUT2D eigenvalue weighted by atomic mass is 19.1. The van der Waals surface area contributed by atoms with E-state index in [4.69, 9.17) is 0 Å². The van der Waals surface area contributed by atoms with Crippen molar-refractivity contribution in [1.29, 1.82) is 0 Å². The Hall–Kier alpha value is -0.00506. The van der Waals surface area contributed by atoms with Crippen LogP contribution in [0, 0.1) is 5.92 Å². The minimum atomic E-state index is 0.282. The van der Waals surface area contributed by atoms with E-state index in [-0.39, 0.29) is 5.82 Å². The average Bonchev–Trinajstić information content (AvgIpc) is 2.14. The smallest absolute Gasteiger partial charge is 0.342 e. The minimum absolute atomic E-state index is 0.282. The summed E-state index contributed by atoms with van der Waals surface area (Å²) in [4.78, 5) is 0. The third kappa shape index (κ3) is 1.24. The average molecular weight is 113 g/mol. The van der Waals surface area contributed by atoms with Crippen molar-refractivity contribution in [3.05, 3.63) is 0 Å². The summed E-state index contributed by atoms with van der Waals surface area (Å²) in [5.41, 5.74) is 0. The number of hydrogen-bond acceptors (Lipinski definition) is 0.